The van der Waals surface area contributed by atoms with Gasteiger partial charge in [0.05, 0.1) is 28.9 Å². The summed E-state index contributed by atoms with van der Waals surface area (Å²) in [5.41, 5.74) is -3.71. The molecule has 4 heterocycles. The van der Waals surface area contributed by atoms with E-state index in [1.807, 2.05) is 0 Å². The molecule has 4 aliphatic heterocycles. The van der Waals surface area contributed by atoms with Crippen molar-refractivity contribution in [1.29, 1.82) is 0 Å². The summed E-state index contributed by atoms with van der Waals surface area (Å²) < 4.78 is 35.9. The molecule has 1 aliphatic carbocycles. The molecule has 0 aromatic carbocycles. The van der Waals surface area contributed by atoms with E-state index in [-0.39, 0.29) is 12.2 Å². The van der Waals surface area contributed by atoms with Gasteiger partial charge in [0.15, 0.2) is 11.7 Å². The van der Waals surface area contributed by atoms with Gasteiger partial charge >= 0.3 is 23.9 Å². The number of hydrogen-bond acceptors (Lipinski definition) is 11. The van der Waals surface area contributed by atoms with Gasteiger partial charge in [-0.1, -0.05) is 13.5 Å². The Labute approximate surface area is 225 Å². The van der Waals surface area contributed by atoms with Crippen molar-refractivity contribution < 1.29 is 52.7 Å². The molecule has 5 fully saturated rings. The molecule has 38 heavy (non-hydrogen) atoms. The summed E-state index contributed by atoms with van der Waals surface area (Å²) in [4.78, 5) is 50.4. The van der Waals surface area contributed by atoms with Gasteiger partial charge in [-0.15, -0.1) is 11.6 Å². The number of ether oxygens (including phenoxy) is 6. The number of carbonyl (C=O) groups excluding carboxylic acids is 4. The second-order valence-electron chi connectivity index (χ2n) is 11.3. The smallest absolute Gasteiger partial charge is 0.312 e. The molecule has 1 saturated carbocycles. The van der Waals surface area contributed by atoms with Gasteiger partial charge in [-0.3, -0.25) is 19.2 Å². The number of fused-ring (bicyclic) bond motifs is 3. The number of esters is 4. The quantitative estimate of drug-likeness (QED) is 0.176. The standard InChI is InChI=1S/C26H33ClO11/c1-10-16(27)20-26(11(2)23(32)37-20)22(36-14(5)30)19-24(6,21(35-13(4)29)17(31)18(10)38-26)15(34-12(3)28)7-8-25(19)9-33-25/h11,15-22,31H,1,7-9H2,2-6H3/t11-,15-,16-,17+,18+,19+,20-,21-,22-,24-,25-,26-/m0/s1. The third kappa shape index (κ3) is 3.65. The Kier molecular flexibility index (Phi) is 6.41. The first-order valence-electron chi connectivity index (χ1n) is 12.8. The zero-order valence-corrected chi connectivity index (χ0v) is 22.7. The first kappa shape index (κ1) is 27.4. The lowest BCUT2D eigenvalue weighted by molar-refractivity contribution is -0.307. The van der Waals surface area contributed by atoms with E-state index >= 15 is 0 Å². The van der Waals surface area contributed by atoms with Gasteiger partial charge in [-0.2, -0.15) is 0 Å². The van der Waals surface area contributed by atoms with Crippen LogP contribution >= 0.6 is 11.6 Å². The summed E-state index contributed by atoms with van der Waals surface area (Å²) in [7, 11) is 0. The van der Waals surface area contributed by atoms with Gasteiger partial charge in [-0.05, 0) is 25.3 Å². The zero-order valence-electron chi connectivity index (χ0n) is 21.9. The van der Waals surface area contributed by atoms with Crippen LogP contribution in [0.3, 0.4) is 0 Å². The number of rotatable bonds is 3. The predicted octanol–water partition coefficient (Wildman–Crippen LogP) is 1.20. The predicted molar refractivity (Wildman–Crippen MR) is 128 cm³/mol. The second-order valence-corrected chi connectivity index (χ2v) is 11.8. The fraction of sp³-hybridized carbons (Fsp3) is 0.769. The van der Waals surface area contributed by atoms with Gasteiger partial charge in [0.1, 0.15) is 30.5 Å². The van der Waals surface area contributed by atoms with Gasteiger partial charge < -0.3 is 33.5 Å². The minimum atomic E-state index is -1.65. The van der Waals surface area contributed by atoms with Crippen LogP contribution in [0.15, 0.2) is 12.2 Å². The average Bonchev–Trinajstić information content (AvgIpc) is 3.54. The van der Waals surface area contributed by atoms with Gasteiger partial charge in [0, 0.05) is 26.7 Å². The minimum absolute atomic E-state index is 0.208. The van der Waals surface area contributed by atoms with Crippen LogP contribution in [0, 0.1) is 17.3 Å². The molecular formula is C26H33ClO11. The van der Waals surface area contributed by atoms with E-state index in [1.165, 1.54) is 20.8 Å². The number of epoxide rings is 1. The number of aliphatic hydroxyl groups is 1. The normalized spacial score (nSPS) is 49.1. The topological polar surface area (TPSA) is 147 Å². The molecule has 4 saturated heterocycles. The Morgan fingerprint density at radius 3 is 2.21 bits per heavy atom. The molecule has 210 valence electrons. The number of hydrogen-bond donors (Lipinski definition) is 1. The van der Waals surface area contributed by atoms with Crippen molar-refractivity contribution in [2.75, 3.05) is 6.61 Å². The highest BCUT2D eigenvalue weighted by molar-refractivity contribution is 6.23. The SMILES string of the molecule is C=C1[C@H]2O[C@]3([C@@H](C)C(=O)O[C@H]3[C@H]1Cl)[C@@H](OC(C)=O)[C@H]1[C@]3(CC[C@H](OC(C)=O)[C@]1(C)[C@@H](OC(C)=O)[C@@H]2O)CO3. The number of carbonyl (C=O) groups is 4. The van der Waals surface area contributed by atoms with E-state index in [9.17, 15) is 24.3 Å². The molecule has 0 unspecified atom stereocenters. The van der Waals surface area contributed by atoms with Crippen molar-refractivity contribution in [2.45, 2.75) is 101 Å². The lowest BCUT2D eigenvalue weighted by Gasteiger charge is -2.62. The Morgan fingerprint density at radius 2 is 1.66 bits per heavy atom. The van der Waals surface area contributed by atoms with Crippen molar-refractivity contribution in [3.05, 3.63) is 12.2 Å². The Morgan fingerprint density at radius 1 is 1.08 bits per heavy atom. The van der Waals surface area contributed by atoms with Crippen LogP contribution in [0.2, 0.25) is 0 Å². The first-order valence-corrected chi connectivity index (χ1v) is 13.2. The minimum Gasteiger partial charge on any atom is -0.462 e. The molecule has 12 heteroatoms. The molecule has 0 radical (unpaired) electrons. The molecule has 12 atom stereocenters. The zero-order chi connectivity index (χ0) is 27.9. The van der Waals surface area contributed by atoms with Crippen molar-refractivity contribution in [3.63, 3.8) is 0 Å². The van der Waals surface area contributed by atoms with Crippen LogP contribution in [-0.4, -0.2) is 88.8 Å². The molecule has 5 rings (SSSR count). The summed E-state index contributed by atoms with van der Waals surface area (Å²) in [5, 5.41) is 10.9. The largest absolute Gasteiger partial charge is 0.462 e. The van der Waals surface area contributed by atoms with Crippen molar-refractivity contribution in [1.82, 2.24) is 0 Å². The van der Waals surface area contributed by atoms with E-state index in [2.05, 4.69) is 6.58 Å². The monoisotopic (exact) mass is 556 g/mol. The van der Waals surface area contributed by atoms with Crippen LogP contribution in [-0.2, 0) is 47.6 Å². The van der Waals surface area contributed by atoms with E-state index < -0.39 is 94.3 Å². The van der Waals surface area contributed by atoms with E-state index in [1.54, 1.807) is 13.8 Å². The Balaban J connectivity index is 1.82. The van der Waals surface area contributed by atoms with Gasteiger partial charge in [-0.25, -0.2) is 0 Å². The highest BCUT2D eigenvalue weighted by Crippen LogP contribution is 2.65. The van der Waals surface area contributed by atoms with E-state index in [0.717, 1.165) is 0 Å². The van der Waals surface area contributed by atoms with Crippen LogP contribution in [0.5, 0.6) is 0 Å². The van der Waals surface area contributed by atoms with Gasteiger partial charge in [0.2, 0.25) is 0 Å². The number of halogens is 1. The van der Waals surface area contributed by atoms with Crippen LogP contribution in [0.25, 0.3) is 0 Å². The lowest BCUT2D eigenvalue weighted by Crippen LogP contribution is -2.77. The summed E-state index contributed by atoms with van der Waals surface area (Å²) >= 11 is 6.82. The third-order valence-corrected chi connectivity index (χ3v) is 9.69. The first-order chi connectivity index (χ1) is 17.7. The maximum Gasteiger partial charge on any atom is 0.312 e. The van der Waals surface area contributed by atoms with Crippen molar-refractivity contribution in [2.24, 2.45) is 17.3 Å². The highest BCUT2D eigenvalue weighted by Gasteiger charge is 2.79. The maximum absolute atomic E-state index is 13.1. The molecule has 2 bridgehead atoms. The van der Waals surface area contributed by atoms with Crippen LogP contribution < -0.4 is 0 Å². The second kappa shape index (κ2) is 8.90. The number of alkyl halides is 1. The highest BCUT2D eigenvalue weighted by atomic mass is 35.5. The third-order valence-electron chi connectivity index (χ3n) is 9.19. The van der Waals surface area contributed by atoms with Crippen LogP contribution in [0.4, 0.5) is 0 Å². The summed E-state index contributed by atoms with van der Waals surface area (Å²) in [6.45, 7) is 11.3. The summed E-state index contributed by atoms with van der Waals surface area (Å²) in [6.07, 6.45) is -6.55. The number of aliphatic hydroxyl groups excluding tert-OH is 1. The van der Waals surface area contributed by atoms with E-state index in [4.69, 9.17) is 40.0 Å². The average molecular weight is 557 g/mol. The molecule has 11 nitrogen and oxygen atoms in total. The maximum atomic E-state index is 13.1. The lowest BCUT2D eigenvalue weighted by atomic mass is 9.51. The van der Waals surface area contributed by atoms with Crippen molar-refractivity contribution in [3.8, 4) is 0 Å². The fourth-order valence-corrected chi connectivity index (χ4v) is 7.87. The van der Waals surface area contributed by atoms with Gasteiger partial charge in [0.25, 0.3) is 0 Å². The molecule has 0 aromatic rings. The van der Waals surface area contributed by atoms with E-state index in [0.29, 0.717) is 12.8 Å². The molecule has 5 aliphatic rings. The van der Waals surface area contributed by atoms with Crippen LogP contribution in [0.1, 0.15) is 47.5 Å². The molecule has 0 amide bonds. The molecule has 2 spiro atoms. The summed E-state index contributed by atoms with van der Waals surface area (Å²) in [5.74, 6) is -4.39. The fourth-order valence-electron chi connectivity index (χ4n) is 7.49. The molecule has 0 aromatic heterocycles. The Bertz CT molecular complexity index is 1090. The summed E-state index contributed by atoms with van der Waals surface area (Å²) in [6, 6.07) is 0. The Hall–Kier alpha value is -2.21. The molecule has 1 N–H and O–H groups in total. The van der Waals surface area contributed by atoms with Crippen molar-refractivity contribution >= 4 is 35.5 Å². The molecular weight excluding hydrogens is 524 g/mol.